The van der Waals surface area contributed by atoms with E-state index in [-0.39, 0.29) is 30.3 Å². The van der Waals surface area contributed by atoms with Crippen LogP contribution in [-0.2, 0) is 9.59 Å². The summed E-state index contributed by atoms with van der Waals surface area (Å²) >= 11 is 0. The van der Waals surface area contributed by atoms with Crippen molar-refractivity contribution in [3.63, 3.8) is 0 Å². The van der Waals surface area contributed by atoms with Gasteiger partial charge in [0.15, 0.2) is 0 Å². The monoisotopic (exact) mass is 238 g/mol. The molecule has 1 fully saturated rings. The van der Waals surface area contributed by atoms with Crippen LogP contribution in [0, 0.1) is 12.7 Å². The number of anilines is 1. The Morgan fingerprint density at radius 3 is 2.88 bits per heavy atom. The van der Waals surface area contributed by atoms with E-state index in [2.05, 4.69) is 4.98 Å². The topological polar surface area (TPSA) is 70.5 Å². The van der Waals surface area contributed by atoms with Crippen molar-refractivity contribution >= 4 is 17.7 Å². The summed E-state index contributed by atoms with van der Waals surface area (Å²) in [5.41, 5.74) is 0.145. The molecule has 1 amide bonds. The third-order valence-corrected chi connectivity index (χ3v) is 2.75. The molecule has 1 atom stereocenters. The van der Waals surface area contributed by atoms with Crippen LogP contribution in [0.4, 0.5) is 10.2 Å². The predicted octanol–water partition coefficient (Wildman–Crippen LogP) is 1.11. The van der Waals surface area contributed by atoms with Crippen molar-refractivity contribution in [3.05, 3.63) is 23.6 Å². The van der Waals surface area contributed by atoms with E-state index in [0.717, 1.165) is 4.90 Å². The number of pyridine rings is 1. The lowest BCUT2D eigenvalue weighted by molar-refractivity contribution is -0.138. The lowest BCUT2D eigenvalue weighted by Gasteiger charge is -2.20. The number of halogens is 1. The third kappa shape index (κ3) is 1.98. The van der Waals surface area contributed by atoms with E-state index in [0.29, 0.717) is 0 Å². The number of nitrogens with zero attached hydrogens (tertiary/aromatic N) is 2. The average molecular weight is 238 g/mol. The van der Waals surface area contributed by atoms with E-state index in [9.17, 15) is 14.0 Å². The summed E-state index contributed by atoms with van der Waals surface area (Å²) < 4.78 is 13.1. The second-order valence-corrected chi connectivity index (χ2v) is 3.89. The Labute approximate surface area is 96.9 Å². The first-order valence-electron chi connectivity index (χ1n) is 5.18. The van der Waals surface area contributed by atoms with E-state index in [1.807, 2.05) is 0 Å². The van der Waals surface area contributed by atoms with Crippen LogP contribution in [0.3, 0.4) is 0 Å². The molecule has 5 nitrogen and oxygen atoms in total. The highest BCUT2D eigenvalue weighted by Gasteiger charge is 2.37. The van der Waals surface area contributed by atoms with Crippen LogP contribution >= 0.6 is 0 Å². The minimum absolute atomic E-state index is 0.145. The zero-order valence-electron chi connectivity index (χ0n) is 9.18. The van der Waals surface area contributed by atoms with Gasteiger partial charge in [-0.25, -0.2) is 14.2 Å². The summed E-state index contributed by atoms with van der Waals surface area (Å²) in [6.45, 7) is 1.47. The molecule has 1 aromatic heterocycles. The number of aliphatic carboxylic acids is 1. The molecule has 2 heterocycles. The number of hydrogen-bond donors (Lipinski definition) is 1. The number of carbonyl (C=O) groups is 2. The molecule has 0 bridgehead atoms. The van der Waals surface area contributed by atoms with Gasteiger partial charge in [-0.3, -0.25) is 9.69 Å². The molecule has 0 aliphatic carbocycles. The van der Waals surface area contributed by atoms with E-state index >= 15 is 0 Å². The summed E-state index contributed by atoms with van der Waals surface area (Å²) in [5.74, 6) is -1.65. The molecule has 0 saturated carbocycles. The molecule has 1 aliphatic rings. The molecule has 0 aromatic carbocycles. The van der Waals surface area contributed by atoms with Gasteiger partial charge in [0.1, 0.15) is 17.7 Å². The van der Waals surface area contributed by atoms with Gasteiger partial charge in [-0.1, -0.05) is 0 Å². The molecular weight excluding hydrogens is 227 g/mol. The number of rotatable bonds is 2. The van der Waals surface area contributed by atoms with Crippen LogP contribution in [0.15, 0.2) is 12.1 Å². The Balaban J connectivity index is 2.39. The van der Waals surface area contributed by atoms with Crippen LogP contribution in [0.25, 0.3) is 0 Å². The average Bonchev–Trinajstić information content (AvgIpc) is 2.64. The van der Waals surface area contributed by atoms with Crippen molar-refractivity contribution in [2.75, 3.05) is 4.90 Å². The van der Waals surface area contributed by atoms with Crippen molar-refractivity contribution in [2.24, 2.45) is 0 Å². The number of amides is 1. The summed E-state index contributed by atoms with van der Waals surface area (Å²) in [6, 6.07) is 1.60. The number of hydrogen-bond acceptors (Lipinski definition) is 3. The quantitative estimate of drug-likeness (QED) is 0.837. The minimum Gasteiger partial charge on any atom is -0.480 e. The zero-order valence-corrected chi connectivity index (χ0v) is 9.18. The zero-order chi connectivity index (χ0) is 12.6. The van der Waals surface area contributed by atoms with Gasteiger partial charge in [0.05, 0.1) is 5.69 Å². The normalized spacial score (nSPS) is 19.8. The fraction of sp³-hybridized carbons (Fsp3) is 0.364. The molecule has 90 valence electrons. The first-order valence-corrected chi connectivity index (χ1v) is 5.18. The highest BCUT2D eigenvalue weighted by molar-refractivity contribution is 6.01. The Hall–Kier alpha value is -1.98. The first kappa shape index (κ1) is 11.5. The van der Waals surface area contributed by atoms with E-state index in [1.54, 1.807) is 0 Å². The Bertz CT molecular complexity index is 490. The highest BCUT2D eigenvalue weighted by Crippen LogP contribution is 2.25. The Morgan fingerprint density at radius 1 is 1.59 bits per heavy atom. The van der Waals surface area contributed by atoms with Gasteiger partial charge in [0.2, 0.25) is 5.91 Å². The van der Waals surface area contributed by atoms with E-state index < -0.39 is 17.8 Å². The van der Waals surface area contributed by atoms with Crippen molar-refractivity contribution in [3.8, 4) is 0 Å². The van der Waals surface area contributed by atoms with Gasteiger partial charge >= 0.3 is 5.97 Å². The summed E-state index contributed by atoms with van der Waals surface area (Å²) in [6.07, 6.45) is 0.432. The van der Waals surface area contributed by atoms with Crippen molar-refractivity contribution in [1.82, 2.24) is 4.98 Å². The SMILES string of the molecule is Cc1nc(N2C(=O)CC[C@H]2C(=O)O)ccc1F. The van der Waals surface area contributed by atoms with Gasteiger partial charge in [0.25, 0.3) is 0 Å². The van der Waals surface area contributed by atoms with Crippen LogP contribution in [0.2, 0.25) is 0 Å². The van der Waals surface area contributed by atoms with Crippen molar-refractivity contribution in [2.45, 2.75) is 25.8 Å². The maximum absolute atomic E-state index is 13.1. The summed E-state index contributed by atoms with van der Waals surface area (Å²) in [5, 5.41) is 8.99. The summed E-state index contributed by atoms with van der Waals surface area (Å²) in [7, 11) is 0. The smallest absolute Gasteiger partial charge is 0.326 e. The van der Waals surface area contributed by atoms with Crippen LogP contribution in [-0.4, -0.2) is 28.0 Å². The summed E-state index contributed by atoms with van der Waals surface area (Å²) in [4.78, 5) is 27.6. The van der Waals surface area contributed by atoms with E-state index in [4.69, 9.17) is 5.11 Å². The molecular formula is C11H11FN2O3. The molecule has 17 heavy (non-hydrogen) atoms. The standard InChI is InChI=1S/C11H11FN2O3/c1-6-7(12)2-4-9(13-6)14-8(11(16)17)3-5-10(14)15/h2,4,8H,3,5H2,1H3,(H,16,17)/t8-/m0/s1. The first-order chi connectivity index (χ1) is 8.00. The van der Waals surface area contributed by atoms with Gasteiger partial charge in [-0.2, -0.15) is 0 Å². The second-order valence-electron chi connectivity index (χ2n) is 3.89. The molecule has 1 aliphatic heterocycles. The molecule has 1 N–H and O–H groups in total. The van der Waals surface area contributed by atoms with Gasteiger partial charge in [-0.05, 0) is 25.5 Å². The molecule has 6 heteroatoms. The number of aryl methyl sites for hydroxylation is 1. The number of aromatic nitrogens is 1. The Morgan fingerprint density at radius 2 is 2.29 bits per heavy atom. The molecule has 0 spiro atoms. The fourth-order valence-corrected chi connectivity index (χ4v) is 1.87. The minimum atomic E-state index is -1.07. The molecule has 0 radical (unpaired) electrons. The molecule has 2 rings (SSSR count). The molecule has 0 unspecified atom stereocenters. The van der Waals surface area contributed by atoms with Crippen molar-refractivity contribution in [1.29, 1.82) is 0 Å². The van der Waals surface area contributed by atoms with Crippen LogP contribution < -0.4 is 4.90 Å². The largest absolute Gasteiger partial charge is 0.480 e. The third-order valence-electron chi connectivity index (χ3n) is 2.75. The fourth-order valence-electron chi connectivity index (χ4n) is 1.87. The molecule has 1 saturated heterocycles. The number of carbonyl (C=O) groups excluding carboxylic acids is 1. The van der Waals surface area contributed by atoms with Gasteiger partial charge in [-0.15, -0.1) is 0 Å². The highest BCUT2D eigenvalue weighted by atomic mass is 19.1. The number of carboxylic acid groups (broad SMARTS) is 1. The van der Waals surface area contributed by atoms with Crippen LogP contribution in [0.5, 0.6) is 0 Å². The van der Waals surface area contributed by atoms with Gasteiger partial charge < -0.3 is 5.11 Å². The second kappa shape index (κ2) is 4.12. The van der Waals surface area contributed by atoms with Crippen LogP contribution in [0.1, 0.15) is 18.5 Å². The lowest BCUT2D eigenvalue weighted by Crippen LogP contribution is -2.39. The van der Waals surface area contributed by atoms with Gasteiger partial charge in [0, 0.05) is 6.42 Å². The number of carboxylic acids is 1. The maximum atomic E-state index is 13.1. The maximum Gasteiger partial charge on any atom is 0.326 e. The van der Waals surface area contributed by atoms with Crippen molar-refractivity contribution < 1.29 is 19.1 Å². The molecule has 1 aromatic rings. The predicted molar refractivity (Wildman–Crippen MR) is 57.1 cm³/mol. The van der Waals surface area contributed by atoms with E-state index in [1.165, 1.54) is 19.1 Å². The Kier molecular flexibility index (Phi) is 2.79. The lowest BCUT2D eigenvalue weighted by atomic mass is 10.2.